The summed E-state index contributed by atoms with van der Waals surface area (Å²) in [4.78, 5) is 70.0. The Morgan fingerprint density at radius 1 is 0.731 bits per heavy atom. The van der Waals surface area contributed by atoms with Crippen molar-refractivity contribution in [3.8, 4) is 11.3 Å². The molecule has 2 aliphatic heterocycles. The number of fused-ring (bicyclic) bond motifs is 3. The number of hydrogen-bond acceptors (Lipinski definition) is 8. The average Bonchev–Trinajstić information content (AvgIpc) is 4.01. The van der Waals surface area contributed by atoms with Crippen LogP contribution >= 0.6 is 0 Å². The summed E-state index contributed by atoms with van der Waals surface area (Å²) in [6.45, 7) is 4.60. The van der Waals surface area contributed by atoms with Crippen LogP contribution < -0.4 is 10.6 Å². The molecule has 0 spiro atoms. The maximum absolute atomic E-state index is 13.2. The lowest BCUT2D eigenvalue weighted by Crippen LogP contribution is -2.47. The second kappa shape index (κ2) is 14.3. The molecule has 0 unspecified atom stereocenters. The van der Waals surface area contributed by atoms with Gasteiger partial charge in [-0.3, -0.25) is 9.59 Å². The van der Waals surface area contributed by atoms with Crippen molar-refractivity contribution >= 4 is 24.0 Å². The number of rotatable bonds is 9. The molecule has 5 aliphatic rings. The Kier molecular flexibility index (Phi) is 9.75. The standard InChI is InChI=1S/C38H50N8O6/c1-23(41-35(49)51-3)33(47)45-19-5-7-28(45)31-39-21-27(43-31)25-9-11-26(12-10-25)37-13-16-38(17-14-37,18-15-37)30-22-40-32(44-30)29-8-6-20-46(29)34(48)24(2)42-36(50)52-4/h9-12,21-24,28-29H,5-8,13-20H2,1-4H3,(H,39,43)(H,40,44)(H,41,49)(H,42,50)/t23-,24-,28-,29-,37?,38?/m0/s1. The fourth-order valence-electron chi connectivity index (χ4n) is 9.18. The van der Waals surface area contributed by atoms with Gasteiger partial charge in [0.15, 0.2) is 0 Å². The van der Waals surface area contributed by atoms with E-state index in [4.69, 9.17) is 4.98 Å². The van der Waals surface area contributed by atoms with Crippen molar-refractivity contribution in [1.29, 1.82) is 0 Å². The van der Waals surface area contributed by atoms with Gasteiger partial charge in [0.05, 0.1) is 38.2 Å². The minimum absolute atomic E-state index is 0.0646. The van der Waals surface area contributed by atoms with Crippen LogP contribution in [0.3, 0.4) is 0 Å². The first kappa shape index (κ1) is 35.5. The molecule has 14 heteroatoms. The summed E-state index contributed by atoms with van der Waals surface area (Å²) < 4.78 is 9.34. The second-order valence-electron chi connectivity index (χ2n) is 15.1. The number of amides is 4. The van der Waals surface area contributed by atoms with Crippen LogP contribution in [0.1, 0.15) is 113 Å². The number of alkyl carbamates (subject to hydrolysis) is 2. The lowest BCUT2D eigenvalue weighted by Gasteiger charge is -2.53. The third-order valence-corrected chi connectivity index (χ3v) is 12.3. The Bertz CT molecular complexity index is 1780. The smallest absolute Gasteiger partial charge is 0.407 e. The summed E-state index contributed by atoms with van der Waals surface area (Å²) >= 11 is 0. The molecule has 5 fully saturated rings. The van der Waals surface area contributed by atoms with Crippen LogP contribution in [0.5, 0.6) is 0 Å². The number of imidazole rings is 2. The first-order valence-corrected chi connectivity index (χ1v) is 18.6. The minimum atomic E-state index is -0.691. The Hall–Kier alpha value is -4.88. The van der Waals surface area contributed by atoms with Crippen molar-refractivity contribution in [2.24, 2.45) is 0 Å². The highest BCUT2D eigenvalue weighted by Crippen LogP contribution is 2.58. The molecule has 14 nitrogen and oxygen atoms in total. The number of benzene rings is 1. The van der Waals surface area contributed by atoms with Crippen LogP contribution in [0.4, 0.5) is 9.59 Å². The van der Waals surface area contributed by atoms with E-state index in [0.717, 1.165) is 87.1 Å². The molecule has 2 saturated heterocycles. The van der Waals surface area contributed by atoms with Crippen molar-refractivity contribution in [3.05, 3.63) is 59.6 Å². The predicted molar refractivity (Wildman–Crippen MR) is 191 cm³/mol. The van der Waals surface area contributed by atoms with Gasteiger partial charge in [-0.1, -0.05) is 24.3 Å². The van der Waals surface area contributed by atoms with Gasteiger partial charge in [-0.05, 0) is 94.6 Å². The monoisotopic (exact) mass is 714 g/mol. The fourth-order valence-corrected chi connectivity index (χ4v) is 9.18. The van der Waals surface area contributed by atoms with E-state index in [9.17, 15) is 19.2 Å². The van der Waals surface area contributed by atoms with Crippen molar-refractivity contribution in [1.82, 2.24) is 40.4 Å². The summed E-state index contributed by atoms with van der Waals surface area (Å²) in [5.74, 6) is 1.30. The van der Waals surface area contributed by atoms with Gasteiger partial charge in [-0.25, -0.2) is 19.6 Å². The molecular formula is C38H50N8O6. The predicted octanol–water partition coefficient (Wildman–Crippen LogP) is 5.16. The molecule has 3 aromatic rings. The van der Waals surface area contributed by atoms with Gasteiger partial charge >= 0.3 is 12.2 Å². The molecule has 2 bridgehead atoms. The summed E-state index contributed by atoms with van der Waals surface area (Å²) in [5, 5.41) is 5.17. The Balaban J connectivity index is 0.984. The Morgan fingerprint density at radius 2 is 1.21 bits per heavy atom. The second-order valence-corrected chi connectivity index (χ2v) is 15.1. The van der Waals surface area contributed by atoms with Gasteiger partial charge in [0.25, 0.3) is 0 Å². The molecule has 4 atom stereocenters. The number of aromatic amines is 2. The first-order chi connectivity index (χ1) is 25.1. The quantitative estimate of drug-likeness (QED) is 0.235. The van der Waals surface area contributed by atoms with Crippen LogP contribution in [0.25, 0.3) is 11.3 Å². The molecule has 52 heavy (non-hydrogen) atoms. The highest BCUT2D eigenvalue weighted by molar-refractivity contribution is 5.86. The molecule has 1 aromatic carbocycles. The third-order valence-electron chi connectivity index (χ3n) is 12.3. The third kappa shape index (κ3) is 6.51. The van der Waals surface area contributed by atoms with Crippen molar-refractivity contribution in [2.45, 2.75) is 113 Å². The molecule has 8 rings (SSSR count). The Labute approximate surface area is 303 Å². The van der Waals surface area contributed by atoms with Gasteiger partial charge in [0.2, 0.25) is 11.8 Å². The van der Waals surface area contributed by atoms with Gasteiger partial charge in [0.1, 0.15) is 23.7 Å². The van der Waals surface area contributed by atoms with E-state index in [2.05, 4.69) is 59.3 Å². The van der Waals surface area contributed by atoms with E-state index in [0.29, 0.717) is 13.1 Å². The average molecular weight is 715 g/mol. The molecular weight excluding hydrogens is 664 g/mol. The van der Waals surface area contributed by atoms with Crippen LogP contribution in [-0.2, 0) is 29.9 Å². The minimum Gasteiger partial charge on any atom is -0.453 e. The van der Waals surface area contributed by atoms with Crippen LogP contribution in [0.15, 0.2) is 36.7 Å². The van der Waals surface area contributed by atoms with Gasteiger partial charge in [-0.15, -0.1) is 0 Å². The molecule has 2 aromatic heterocycles. The summed E-state index contributed by atoms with van der Waals surface area (Å²) in [6, 6.07) is 7.23. The summed E-state index contributed by atoms with van der Waals surface area (Å²) in [5.41, 5.74) is 4.74. The van der Waals surface area contributed by atoms with Gasteiger partial charge in [-0.2, -0.15) is 0 Å². The number of nitrogens with zero attached hydrogens (tertiary/aromatic N) is 4. The number of carbonyl (C=O) groups excluding carboxylic acids is 4. The normalized spacial score (nSPS) is 26.5. The van der Waals surface area contributed by atoms with Crippen molar-refractivity contribution < 1.29 is 28.7 Å². The lowest BCUT2D eigenvalue weighted by molar-refractivity contribution is -0.134. The maximum Gasteiger partial charge on any atom is 0.407 e. The highest BCUT2D eigenvalue weighted by Gasteiger charge is 2.51. The fraction of sp³-hybridized carbons (Fsp3) is 0.579. The van der Waals surface area contributed by atoms with E-state index >= 15 is 0 Å². The van der Waals surface area contributed by atoms with Crippen molar-refractivity contribution in [3.63, 3.8) is 0 Å². The van der Waals surface area contributed by atoms with Crippen LogP contribution in [0, 0.1) is 0 Å². The van der Waals surface area contributed by atoms with E-state index in [1.165, 1.54) is 25.5 Å². The zero-order valence-electron chi connectivity index (χ0n) is 30.5. The number of hydrogen-bond donors (Lipinski definition) is 4. The first-order valence-electron chi connectivity index (χ1n) is 18.6. The van der Waals surface area contributed by atoms with E-state index in [1.54, 1.807) is 18.7 Å². The van der Waals surface area contributed by atoms with Crippen LogP contribution in [-0.4, -0.2) is 93.1 Å². The van der Waals surface area contributed by atoms with Crippen molar-refractivity contribution in [2.75, 3.05) is 27.3 Å². The maximum atomic E-state index is 13.2. The highest BCUT2D eigenvalue weighted by atomic mass is 16.5. The molecule has 0 radical (unpaired) electrons. The number of carbonyl (C=O) groups is 4. The SMILES string of the molecule is COC(=O)N[C@@H](C)C(=O)N1CCC[C@H]1c1ncc(-c2ccc(C34CCC(c5cnc([C@@H]6CCCN6C(=O)[C@H](C)NC(=O)OC)[nH]5)(CC3)CC4)cc2)[nH]1. The molecule has 3 saturated carbocycles. The largest absolute Gasteiger partial charge is 0.453 e. The number of likely N-dealkylation sites (tertiary alicyclic amines) is 2. The topological polar surface area (TPSA) is 175 Å². The van der Waals surface area contributed by atoms with Gasteiger partial charge < -0.3 is 39.9 Å². The Morgan fingerprint density at radius 3 is 1.73 bits per heavy atom. The number of aromatic nitrogens is 4. The van der Waals surface area contributed by atoms with Crippen LogP contribution in [0.2, 0.25) is 0 Å². The number of H-pyrrole nitrogens is 2. The number of ether oxygens (including phenoxy) is 2. The zero-order valence-corrected chi connectivity index (χ0v) is 30.5. The number of methoxy groups -OCH3 is 2. The zero-order chi connectivity index (χ0) is 36.6. The molecule has 278 valence electrons. The van der Waals surface area contributed by atoms with E-state index in [1.807, 2.05) is 17.3 Å². The lowest BCUT2D eigenvalue weighted by atomic mass is 9.51. The molecule has 4 amide bonds. The molecule has 4 N–H and O–H groups in total. The summed E-state index contributed by atoms with van der Waals surface area (Å²) in [6.07, 6.45) is 12.6. The number of nitrogens with one attached hydrogen (secondary N) is 4. The summed E-state index contributed by atoms with van der Waals surface area (Å²) in [7, 11) is 2.57. The molecule has 4 heterocycles. The molecule has 3 aliphatic carbocycles. The van der Waals surface area contributed by atoms with E-state index in [-0.39, 0.29) is 34.7 Å². The van der Waals surface area contributed by atoms with E-state index < -0.39 is 24.3 Å². The van der Waals surface area contributed by atoms with Gasteiger partial charge in [0, 0.05) is 30.4 Å².